The molecule has 0 amide bonds. The predicted molar refractivity (Wildman–Crippen MR) is 54.9 cm³/mol. The van der Waals surface area contributed by atoms with Crippen LogP contribution >= 0.6 is 0 Å². The summed E-state index contributed by atoms with van der Waals surface area (Å²) in [6, 6.07) is 4.52. The standard InChI is InChI=1S/C12H9F3O2/c1-2-6-17-11(16)8-9-4-3-5-10(7-9)12(13,14)15/h1,3-5,7H,6,8H2. The zero-order chi connectivity index (χ0) is 12.9. The summed E-state index contributed by atoms with van der Waals surface area (Å²) in [5.74, 6) is 1.45. The van der Waals surface area contributed by atoms with E-state index in [1.165, 1.54) is 12.1 Å². The summed E-state index contributed by atoms with van der Waals surface area (Å²) in [4.78, 5) is 11.1. The van der Waals surface area contributed by atoms with Crippen LogP contribution in [-0.4, -0.2) is 12.6 Å². The Morgan fingerprint density at radius 2 is 2.12 bits per heavy atom. The van der Waals surface area contributed by atoms with Crippen LogP contribution in [0.4, 0.5) is 13.2 Å². The molecule has 2 nitrogen and oxygen atoms in total. The largest absolute Gasteiger partial charge is 0.452 e. The molecule has 0 saturated heterocycles. The van der Waals surface area contributed by atoms with Gasteiger partial charge in [-0.15, -0.1) is 6.42 Å². The first-order valence-electron chi connectivity index (χ1n) is 4.68. The third-order valence-corrected chi connectivity index (χ3v) is 1.92. The van der Waals surface area contributed by atoms with Crippen molar-refractivity contribution in [2.45, 2.75) is 12.6 Å². The quantitative estimate of drug-likeness (QED) is 0.601. The molecule has 0 aliphatic carbocycles. The molecule has 0 aliphatic rings. The monoisotopic (exact) mass is 242 g/mol. The van der Waals surface area contributed by atoms with Crippen LogP contribution in [0.3, 0.4) is 0 Å². The van der Waals surface area contributed by atoms with Crippen molar-refractivity contribution < 1.29 is 22.7 Å². The lowest BCUT2D eigenvalue weighted by Gasteiger charge is -2.08. The lowest BCUT2D eigenvalue weighted by molar-refractivity contribution is -0.142. The van der Waals surface area contributed by atoms with Gasteiger partial charge < -0.3 is 4.74 Å². The van der Waals surface area contributed by atoms with E-state index in [-0.39, 0.29) is 18.6 Å². The maximum Gasteiger partial charge on any atom is 0.416 e. The van der Waals surface area contributed by atoms with E-state index in [0.29, 0.717) is 0 Å². The van der Waals surface area contributed by atoms with Gasteiger partial charge in [-0.2, -0.15) is 13.2 Å². The average molecular weight is 242 g/mol. The first-order valence-corrected chi connectivity index (χ1v) is 4.68. The number of rotatable bonds is 3. The summed E-state index contributed by atoms with van der Waals surface area (Å²) in [6.45, 7) is -0.183. The van der Waals surface area contributed by atoms with E-state index in [4.69, 9.17) is 6.42 Å². The number of terminal acetylenes is 1. The Bertz CT molecular complexity index is 444. The predicted octanol–water partition coefficient (Wildman–Crippen LogP) is 2.42. The Morgan fingerprint density at radius 3 is 2.71 bits per heavy atom. The van der Waals surface area contributed by atoms with E-state index in [1.807, 2.05) is 0 Å². The van der Waals surface area contributed by atoms with Gasteiger partial charge in [-0.1, -0.05) is 24.1 Å². The Kier molecular flexibility index (Phi) is 4.16. The Hall–Kier alpha value is -1.96. The van der Waals surface area contributed by atoms with Gasteiger partial charge >= 0.3 is 12.1 Å². The average Bonchev–Trinajstić information content (AvgIpc) is 2.25. The minimum absolute atomic E-state index is 0.183. The summed E-state index contributed by atoms with van der Waals surface area (Å²) in [5.41, 5.74) is -0.554. The molecule has 17 heavy (non-hydrogen) atoms. The van der Waals surface area contributed by atoms with Gasteiger partial charge in [-0.3, -0.25) is 4.79 Å². The highest BCUT2D eigenvalue weighted by Gasteiger charge is 2.30. The van der Waals surface area contributed by atoms with Crippen molar-refractivity contribution in [1.29, 1.82) is 0 Å². The zero-order valence-corrected chi connectivity index (χ0v) is 8.75. The molecule has 1 aromatic rings. The molecule has 0 bridgehead atoms. The molecule has 0 heterocycles. The van der Waals surface area contributed by atoms with E-state index in [1.54, 1.807) is 0 Å². The first kappa shape index (κ1) is 13.1. The summed E-state index contributed by atoms with van der Waals surface area (Å²) >= 11 is 0. The first-order chi connectivity index (χ1) is 7.93. The zero-order valence-electron chi connectivity index (χ0n) is 8.75. The molecule has 1 aromatic carbocycles. The highest BCUT2D eigenvalue weighted by Crippen LogP contribution is 2.29. The number of hydrogen-bond acceptors (Lipinski definition) is 2. The third-order valence-electron chi connectivity index (χ3n) is 1.92. The molecular formula is C12H9F3O2. The maximum absolute atomic E-state index is 12.4. The minimum atomic E-state index is -4.42. The number of benzene rings is 1. The van der Waals surface area contributed by atoms with Crippen molar-refractivity contribution in [2.24, 2.45) is 0 Å². The van der Waals surface area contributed by atoms with Gasteiger partial charge in [0.2, 0.25) is 0 Å². The molecule has 0 saturated carbocycles. The normalized spacial score (nSPS) is 10.7. The van der Waals surface area contributed by atoms with E-state index >= 15 is 0 Å². The SMILES string of the molecule is C#CCOC(=O)Cc1cccc(C(F)(F)F)c1. The molecule has 0 aromatic heterocycles. The fraction of sp³-hybridized carbons (Fsp3) is 0.250. The van der Waals surface area contributed by atoms with Gasteiger partial charge in [0.1, 0.15) is 0 Å². The summed E-state index contributed by atoms with van der Waals surface area (Å²) < 4.78 is 41.7. The van der Waals surface area contributed by atoms with Gasteiger partial charge in [0.15, 0.2) is 6.61 Å². The second-order valence-corrected chi connectivity index (χ2v) is 3.24. The second kappa shape index (κ2) is 5.39. The number of alkyl halides is 3. The van der Waals surface area contributed by atoms with Crippen LogP contribution in [0, 0.1) is 12.3 Å². The van der Waals surface area contributed by atoms with Crippen molar-refractivity contribution in [3.8, 4) is 12.3 Å². The Balaban J connectivity index is 2.73. The highest BCUT2D eigenvalue weighted by atomic mass is 19.4. The van der Waals surface area contributed by atoms with Gasteiger partial charge in [0.25, 0.3) is 0 Å². The molecule has 0 aliphatic heterocycles. The highest BCUT2D eigenvalue weighted by molar-refractivity contribution is 5.72. The molecule has 5 heteroatoms. The fourth-order valence-corrected chi connectivity index (χ4v) is 1.20. The fourth-order valence-electron chi connectivity index (χ4n) is 1.20. The number of carbonyl (C=O) groups excluding carboxylic acids is 1. The van der Waals surface area contributed by atoms with E-state index in [0.717, 1.165) is 12.1 Å². The van der Waals surface area contributed by atoms with Crippen LogP contribution in [0.2, 0.25) is 0 Å². The molecule has 0 atom stereocenters. The van der Waals surface area contributed by atoms with E-state index in [9.17, 15) is 18.0 Å². The van der Waals surface area contributed by atoms with Gasteiger partial charge in [0, 0.05) is 0 Å². The van der Waals surface area contributed by atoms with Gasteiger partial charge in [-0.05, 0) is 11.6 Å². The van der Waals surface area contributed by atoms with Crippen LogP contribution in [0.5, 0.6) is 0 Å². The number of halogens is 3. The van der Waals surface area contributed by atoms with Crippen molar-refractivity contribution in [1.82, 2.24) is 0 Å². The molecule has 0 N–H and O–H groups in total. The van der Waals surface area contributed by atoms with Gasteiger partial charge in [-0.25, -0.2) is 0 Å². The summed E-state index contributed by atoms with van der Waals surface area (Å²) in [5, 5.41) is 0. The third kappa shape index (κ3) is 4.19. The summed E-state index contributed by atoms with van der Waals surface area (Å²) in [7, 11) is 0. The number of carbonyl (C=O) groups is 1. The van der Waals surface area contributed by atoms with Crippen LogP contribution in [0.1, 0.15) is 11.1 Å². The molecular weight excluding hydrogens is 233 g/mol. The lowest BCUT2D eigenvalue weighted by atomic mass is 10.1. The number of ether oxygens (including phenoxy) is 1. The molecule has 90 valence electrons. The van der Waals surface area contributed by atoms with Crippen LogP contribution in [0.15, 0.2) is 24.3 Å². The second-order valence-electron chi connectivity index (χ2n) is 3.24. The lowest BCUT2D eigenvalue weighted by Crippen LogP contribution is -2.10. The number of esters is 1. The van der Waals surface area contributed by atoms with E-state index < -0.39 is 17.7 Å². The van der Waals surface area contributed by atoms with Crippen LogP contribution in [0.25, 0.3) is 0 Å². The Labute approximate surface area is 96.4 Å². The smallest absolute Gasteiger partial charge is 0.416 e. The molecule has 0 fully saturated rings. The molecule has 0 unspecified atom stereocenters. The minimum Gasteiger partial charge on any atom is -0.452 e. The van der Waals surface area contributed by atoms with E-state index in [2.05, 4.69) is 10.7 Å². The van der Waals surface area contributed by atoms with Gasteiger partial charge in [0.05, 0.1) is 12.0 Å². The van der Waals surface area contributed by atoms with Crippen molar-refractivity contribution in [2.75, 3.05) is 6.61 Å². The molecule has 1 rings (SSSR count). The van der Waals surface area contributed by atoms with Crippen LogP contribution < -0.4 is 0 Å². The van der Waals surface area contributed by atoms with Crippen molar-refractivity contribution >= 4 is 5.97 Å². The van der Waals surface area contributed by atoms with Crippen molar-refractivity contribution in [3.05, 3.63) is 35.4 Å². The van der Waals surface area contributed by atoms with Crippen molar-refractivity contribution in [3.63, 3.8) is 0 Å². The topological polar surface area (TPSA) is 26.3 Å². The summed E-state index contributed by atoms with van der Waals surface area (Å²) in [6.07, 6.45) is 0.227. The molecule has 0 radical (unpaired) electrons. The Morgan fingerprint density at radius 1 is 1.41 bits per heavy atom. The number of hydrogen-bond donors (Lipinski definition) is 0. The maximum atomic E-state index is 12.4. The molecule has 0 spiro atoms. The van der Waals surface area contributed by atoms with Crippen LogP contribution in [-0.2, 0) is 22.1 Å².